The van der Waals surface area contributed by atoms with E-state index in [0.29, 0.717) is 40.4 Å². The molecule has 2 aliphatic heterocycles. The van der Waals surface area contributed by atoms with Gasteiger partial charge in [-0.1, -0.05) is 6.07 Å². The fourth-order valence-electron chi connectivity index (χ4n) is 6.16. The lowest BCUT2D eigenvalue weighted by atomic mass is 9.93. The summed E-state index contributed by atoms with van der Waals surface area (Å²) >= 11 is 1.16. The van der Waals surface area contributed by atoms with Crippen LogP contribution in [0.2, 0.25) is 0 Å². The first-order chi connectivity index (χ1) is 20.5. The fraction of sp³-hybridized carbons (Fsp3) is 0.533. The number of fused-ring (bicyclic) bond motifs is 6. The highest BCUT2D eigenvalue weighted by atomic mass is 32.2. The number of hydrogen-bond donors (Lipinski definition) is 2. The Morgan fingerprint density at radius 2 is 1.98 bits per heavy atom. The standard InChI is InChI=1S/C30H36F3N7O2S/c1-28(2)18-20-6-4-15-34-22-7-3-8-25(35-22)43-38-27(41)21-9-10-23(36-26(21)39(28)19-20)40-16-11-24(37-40)42-17-5-12-29(13-14-29)30(31,32)33/h3,7-11,16,20H,4-6,12-15,17-19H2,1-2H3,(H,34,35)(H,38,41)/t20-/m1/s1. The van der Waals surface area contributed by atoms with Crippen LogP contribution in [0, 0.1) is 11.3 Å². The Bertz CT molecular complexity index is 1470. The molecule has 1 amide bonds. The smallest absolute Gasteiger partial charge is 0.394 e. The van der Waals surface area contributed by atoms with Crippen LogP contribution in [0.15, 0.2) is 47.6 Å². The van der Waals surface area contributed by atoms with Crippen molar-refractivity contribution in [3.63, 3.8) is 0 Å². The van der Waals surface area contributed by atoms with Crippen molar-refractivity contribution in [2.24, 2.45) is 11.3 Å². The maximum absolute atomic E-state index is 13.5. The van der Waals surface area contributed by atoms with Crippen LogP contribution in [0.5, 0.6) is 5.88 Å². The van der Waals surface area contributed by atoms with Crippen molar-refractivity contribution in [2.75, 3.05) is 29.9 Å². The van der Waals surface area contributed by atoms with E-state index in [2.05, 4.69) is 38.9 Å². The molecule has 1 atom stereocenters. The molecular formula is C30H36F3N7O2S. The Labute approximate surface area is 253 Å². The van der Waals surface area contributed by atoms with Gasteiger partial charge < -0.3 is 15.0 Å². The van der Waals surface area contributed by atoms with Crippen molar-refractivity contribution in [3.8, 4) is 11.7 Å². The average Bonchev–Trinajstić information content (AvgIpc) is 3.52. The van der Waals surface area contributed by atoms with Gasteiger partial charge in [0, 0.05) is 42.8 Å². The molecule has 3 aromatic rings. The molecule has 1 saturated heterocycles. The largest absolute Gasteiger partial charge is 0.477 e. The fourth-order valence-corrected chi connectivity index (χ4v) is 6.76. The molecule has 2 N–H and O–H groups in total. The molecule has 13 heteroatoms. The van der Waals surface area contributed by atoms with Gasteiger partial charge in [-0.25, -0.2) is 14.6 Å². The number of halogens is 3. The first-order valence-corrected chi connectivity index (χ1v) is 15.6. The average molecular weight is 616 g/mol. The number of carbonyl (C=O) groups excluding carboxylic acids is 1. The first kappa shape index (κ1) is 29.6. The van der Waals surface area contributed by atoms with Crippen LogP contribution in [-0.2, 0) is 0 Å². The second kappa shape index (κ2) is 11.5. The summed E-state index contributed by atoms with van der Waals surface area (Å²) in [5, 5.41) is 8.54. The molecule has 0 radical (unpaired) electrons. The highest BCUT2D eigenvalue weighted by Gasteiger charge is 2.62. The van der Waals surface area contributed by atoms with Crippen molar-refractivity contribution >= 4 is 29.5 Å². The summed E-state index contributed by atoms with van der Waals surface area (Å²) in [6.07, 6.45) is 1.31. The maximum atomic E-state index is 13.5. The van der Waals surface area contributed by atoms with E-state index < -0.39 is 11.6 Å². The van der Waals surface area contributed by atoms with E-state index >= 15 is 0 Å². The summed E-state index contributed by atoms with van der Waals surface area (Å²) in [4.78, 5) is 25.3. The van der Waals surface area contributed by atoms with E-state index in [4.69, 9.17) is 9.72 Å². The molecular weight excluding hydrogens is 579 g/mol. The van der Waals surface area contributed by atoms with Gasteiger partial charge in [0.15, 0.2) is 5.82 Å². The van der Waals surface area contributed by atoms with Crippen LogP contribution < -0.4 is 19.7 Å². The van der Waals surface area contributed by atoms with Gasteiger partial charge in [0.25, 0.3) is 5.91 Å². The van der Waals surface area contributed by atoms with Gasteiger partial charge in [-0.05, 0) is 89.0 Å². The second-order valence-corrected chi connectivity index (χ2v) is 13.2. The van der Waals surface area contributed by atoms with Gasteiger partial charge in [0.05, 0.1) is 17.6 Å². The van der Waals surface area contributed by atoms with E-state index in [1.54, 1.807) is 29.1 Å². The number of hydrogen-bond acceptors (Lipinski definition) is 8. The summed E-state index contributed by atoms with van der Waals surface area (Å²) in [6, 6.07) is 10.8. The number of pyridine rings is 2. The van der Waals surface area contributed by atoms with Gasteiger partial charge in [-0.2, -0.15) is 13.2 Å². The molecule has 3 aliphatic rings. The van der Waals surface area contributed by atoms with Gasteiger partial charge in [0.2, 0.25) is 5.88 Å². The van der Waals surface area contributed by atoms with Crippen molar-refractivity contribution in [2.45, 2.75) is 75.5 Å². The van der Waals surface area contributed by atoms with Crippen molar-refractivity contribution < 1.29 is 22.7 Å². The van der Waals surface area contributed by atoms with E-state index in [0.717, 1.165) is 50.1 Å². The quantitative estimate of drug-likeness (QED) is 0.243. The molecule has 3 aromatic heterocycles. The van der Waals surface area contributed by atoms with Crippen LogP contribution in [0.25, 0.3) is 5.82 Å². The molecule has 0 aromatic carbocycles. The number of amides is 1. The minimum absolute atomic E-state index is 0.0640. The minimum atomic E-state index is -4.16. The Hall–Kier alpha value is -3.48. The molecule has 5 heterocycles. The lowest BCUT2D eigenvalue weighted by Gasteiger charge is -2.34. The molecule has 43 heavy (non-hydrogen) atoms. The zero-order chi connectivity index (χ0) is 30.2. The Morgan fingerprint density at radius 1 is 1.14 bits per heavy atom. The number of alkyl halides is 3. The minimum Gasteiger partial charge on any atom is -0.477 e. The highest BCUT2D eigenvalue weighted by molar-refractivity contribution is 7.97. The summed E-state index contributed by atoms with van der Waals surface area (Å²) in [7, 11) is 0. The van der Waals surface area contributed by atoms with Gasteiger partial charge >= 0.3 is 6.18 Å². The zero-order valence-electron chi connectivity index (χ0n) is 24.3. The number of ether oxygens (including phenoxy) is 1. The third-order valence-electron chi connectivity index (χ3n) is 8.69. The normalized spacial score (nSPS) is 21.2. The Balaban J connectivity index is 1.22. The number of carbonyl (C=O) groups is 1. The van der Waals surface area contributed by atoms with Crippen LogP contribution in [0.1, 0.15) is 69.2 Å². The third kappa shape index (κ3) is 6.41. The number of aromatic nitrogens is 4. The number of nitrogens with one attached hydrogen (secondary N) is 2. The van der Waals surface area contributed by atoms with Crippen molar-refractivity contribution in [1.29, 1.82) is 0 Å². The van der Waals surface area contributed by atoms with Crippen molar-refractivity contribution in [1.82, 2.24) is 24.5 Å². The lowest BCUT2D eigenvalue weighted by molar-refractivity contribution is -0.189. The van der Waals surface area contributed by atoms with Gasteiger partial charge in [-0.15, -0.1) is 5.10 Å². The predicted molar refractivity (Wildman–Crippen MR) is 159 cm³/mol. The maximum Gasteiger partial charge on any atom is 0.394 e. The topological polar surface area (TPSA) is 97.2 Å². The molecule has 2 fully saturated rings. The molecule has 230 valence electrons. The van der Waals surface area contributed by atoms with E-state index in [1.165, 1.54) is 0 Å². The first-order valence-electron chi connectivity index (χ1n) is 14.8. The summed E-state index contributed by atoms with van der Waals surface area (Å²) in [5.74, 6) is 2.36. The van der Waals surface area contributed by atoms with Crippen molar-refractivity contribution in [3.05, 3.63) is 48.2 Å². The van der Waals surface area contributed by atoms with Gasteiger partial charge in [0.1, 0.15) is 16.7 Å². The van der Waals surface area contributed by atoms with Crippen LogP contribution in [-0.4, -0.2) is 57.1 Å². The molecule has 1 saturated carbocycles. The summed E-state index contributed by atoms with van der Waals surface area (Å²) < 4.78 is 49.8. The molecule has 1 aliphatic carbocycles. The monoisotopic (exact) mass is 615 g/mol. The summed E-state index contributed by atoms with van der Waals surface area (Å²) in [5.41, 5.74) is -1.29. The lowest BCUT2D eigenvalue weighted by Crippen LogP contribution is -2.40. The molecule has 0 unspecified atom stereocenters. The Morgan fingerprint density at radius 3 is 2.77 bits per heavy atom. The molecule has 0 spiro atoms. The number of anilines is 2. The van der Waals surface area contributed by atoms with Crippen LogP contribution in [0.3, 0.4) is 0 Å². The SMILES string of the molecule is CC1(C)C[C@H]2CCCNc3cccc(n3)SNC(=O)c3ccc(-n4ccc(OCCCC5(C(F)(F)F)CC5)n4)nc3N1C2. The number of nitrogens with zero attached hydrogens (tertiary/aromatic N) is 5. The van der Waals surface area contributed by atoms with Crippen LogP contribution >= 0.6 is 11.9 Å². The molecule has 6 rings (SSSR count). The second-order valence-electron chi connectivity index (χ2n) is 12.3. The summed E-state index contributed by atoms with van der Waals surface area (Å²) in [6.45, 7) is 6.10. The molecule has 9 nitrogen and oxygen atoms in total. The Kier molecular flexibility index (Phi) is 7.95. The van der Waals surface area contributed by atoms with Gasteiger partial charge in [-0.3, -0.25) is 9.52 Å². The molecule has 4 bridgehead atoms. The highest BCUT2D eigenvalue weighted by Crippen LogP contribution is 2.60. The predicted octanol–water partition coefficient (Wildman–Crippen LogP) is 6.41. The zero-order valence-corrected chi connectivity index (χ0v) is 25.1. The van der Waals surface area contributed by atoms with Crippen LogP contribution in [0.4, 0.5) is 24.8 Å². The van der Waals surface area contributed by atoms with E-state index in [9.17, 15) is 18.0 Å². The van der Waals surface area contributed by atoms with E-state index in [-0.39, 0.29) is 37.3 Å². The third-order valence-corrected chi connectivity index (χ3v) is 9.42. The number of rotatable bonds is 6. The van der Waals surface area contributed by atoms with E-state index in [1.807, 2.05) is 18.2 Å².